The monoisotopic (exact) mass is 263 g/mol. The van der Waals surface area contributed by atoms with E-state index < -0.39 is 15.9 Å². The van der Waals surface area contributed by atoms with Gasteiger partial charge >= 0.3 is 0 Å². The predicted molar refractivity (Wildman–Crippen MR) is 55.4 cm³/mol. The van der Waals surface area contributed by atoms with Gasteiger partial charge in [0.05, 0.1) is 19.5 Å². The van der Waals surface area contributed by atoms with E-state index in [1.54, 1.807) is 6.92 Å². The largest absolute Gasteiger partial charge is 0.446 e. The van der Waals surface area contributed by atoms with Crippen LogP contribution in [0.1, 0.15) is 18.5 Å². The fourth-order valence-electron chi connectivity index (χ4n) is 1.41. The van der Waals surface area contributed by atoms with Gasteiger partial charge in [0, 0.05) is 0 Å². The molecule has 2 heterocycles. The summed E-state index contributed by atoms with van der Waals surface area (Å²) in [6.45, 7) is 2.45. The van der Waals surface area contributed by atoms with E-state index in [4.69, 9.17) is 13.9 Å². The van der Waals surface area contributed by atoms with Crippen molar-refractivity contribution in [2.24, 2.45) is 0 Å². The van der Waals surface area contributed by atoms with E-state index in [2.05, 4.69) is 9.17 Å². The van der Waals surface area contributed by atoms with Crippen molar-refractivity contribution in [1.29, 1.82) is 0 Å². The Morgan fingerprint density at radius 2 is 2.12 bits per heavy atom. The molecule has 2 rings (SSSR count). The molecule has 7 nitrogen and oxygen atoms in total. The van der Waals surface area contributed by atoms with Crippen molar-refractivity contribution < 1.29 is 26.5 Å². The van der Waals surface area contributed by atoms with E-state index in [1.165, 1.54) is 6.26 Å². The zero-order valence-corrected chi connectivity index (χ0v) is 10.3. The smallest absolute Gasteiger partial charge is 0.264 e. The van der Waals surface area contributed by atoms with Crippen LogP contribution in [0.3, 0.4) is 0 Å². The zero-order valence-electron chi connectivity index (χ0n) is 9.50. The van der Waals surface area contributed by atoms with Crippen molar-refractivity contribution in [2.45, 2.75) is 19.3 Å². The van der Waals surface area contributed by atoms with Crippen LogP contribution < -0.4 is 0 Å². The van der Waals surface area contributed by atoms with Crippen LogP contribution in [0, 0.1) is 0 Å². The molecular weight excluding hydrogens is 250 g/mol. The van der Waals surface area contributed by atoms with Crippen LogP contribution in [0.25, 0.3) is 0 Å². The summed E-state index contributed by atoms with van der Waals surface area (Å²) >= 11 is 0. The van der Waals surface area contributed by atoms with E-state index in [0.717, 1.165) is 6.26 Å². The van der Waals surface area contributed by atoms with Crippen LogP contribution in [-0.2, 0) is 36.2 Å². The second-order valence-corrected chi connectivity index (χ2v) is 5.38. The zero-order chi connectivity index (χ0) is 12.5. The predicted octanol–water partition coefficient (Wildman–Crippen LogP) is 0.370. The van der Waals surface area contributed by atoms with Crippen molar-refractivity contribution in [3.05, 3.63) is 17.8 Å². The Labute approximate surface area is 98.8 Å². The molecule has 1 aromatic heterocycles. The minimum absolute atomic E-state index is 0.158. The van der Waals surface area contributed by atoms with Crippen molar-refractivity contribution in [3.63, 3.8) is 0 Å². The van der Waals surface area contributed by atoms with Crippen LogP contribution in [-0.4, -0.2) is 32.9 Å². The molecular formula is C9H13NO6S. The number of oxazole rings is 1. The molecule has 8 heteroatoms. The van der Waals surface area contributed by atoms with Crippen molar-refractivity contribution in [3.8, 4) is 0 Å². The van der Waals surface area contributed by atoms with Crippen LogP contribution in [0.15, 0.2) is 10.7 Å². The third-order valence-electron chi connectivity index (χ3n) is 2.25. The topological polar surface area (TPSA) is 87.9 Å². The lowest BCUT2D eigenvalue weighted by atomic mass is 10.2. The van der Waals surface area contributed by atoms with Crippen LogP contribution in [0.4, 0.5) is 0 Å². The highest BCUT2D eigenvalue weighted by Gasteiger charge is 2.36. The molecule has 1 saturated heterocycles. The second-order valence-electron chi connectivity index (χ2n) is 3.74. The van der Waals surface area contributed by atoms with Gasteiger partial charge in [-0.1, -0.05) is 0 Å². The second kappa shape index (κ2) is 4.37. The van der Waals surface area contributed by atoms with Crippen LogP contribution in [0.2, 0.25) is 0 Å². The summed E-state index contributed by atoms with van der Waals surface area (Å²) in [5.74, 6) is -0.766. The molecule has 0 amide bonds. The van der Waals surface area contributed by atoms with Gasteiger partial charge in [-0.3, -0.25) is 4.18 Å². The SMILES string of the molecule is CC1(c2coc(COS(C)(=O)=O)n2)OCCO1. The highest BCUT2D eigenvalue weighted by Crippen LogP contribution is 2.30. The van der Waals surface area contributed by atoms with E-state index in [1.807, 2.05) is 0 Å². The Morgan fingerprint density at radius 3 is 2.71 bits per heavy atom. The molecule has 0 aromatic carbocycles. The summed E-state index contributed by atoms with van der Waals surface area (Å²) in [5.41, 5.74) is 0.460. The average Bonchev–Trinajstić information content (AvgIpc) is 2.83. The Balaban J connectivity index is 2.06. The number of aromatic nitrogens is 1. The lowest BCUT2D eigenvalue weighted by Crippen LogP contribution is -2.22. The molecule has 0 unspecified atom stereocenters. The van der Waals surface area contributed by atoms with Crippen LogP contribution >= 0.6 is 0 Å². The highest BCUT2D eigenvalue weighted by atomic mass is 32.2. The molecule has 0 N–H and O–H groups in total. The molecule has 1 fully saturated rings. The van der Waals surface area contributed by atoms with Crippen molar-refractivity contribution in [1.82, 2.24) is 4.98 Å². The number of rotatable bonds is 4. The molecule has 1 aromatic rings. The van der Waals surface area contributed by atoms with Crippen molar-refractivity contribution >= 4 is 10.1 Å². The minimum atomic E-state index is -3.51. The third-order valence-corrected chi connectivity index (χ3v) is 2.80. The molecule has 17 heavy (non-hydrogen) atoms. The maximum Gasteiger partial charge on any atom is 0.264 e. The summed E-state index contributed by atoms with van der Waals surface area (Å²) in [5, 5.41) is 0. The molecule has 0 aliphatic carbocycles. The first-order chi connectivity index (χ1) is 7.89. The first kappa shape index (κ1) is 12.5. The molecule has 0 atom stereocenters. The van der Waals surface area contributed by atoms with Gasteiger partial charge in [0.15, 0.2) is 0 Å². The average molecular weight is 263 g/mol. The lowest BCUT2D eigenvalue weighted by Gasteiger charge is -2.18. The van der Waals surface area contributed by atoms with Gasteiger partial charge in [-0.15, -0.1) is 0 Å². The van der Waals surface area contributed by atoms with Gasteiger partial charge in [-0.25, -0.2) is 4.98 Å². The van der Waals surface area contributed by atoms with Crippen molar-refractivity contribution in [2.75, 3.05) is 19.5 Å². The molecule has 0 saturated carbocycles. The fraction of sp³-hybridized carbons (Fsp3) is 0.667. The summed E-state index contributed by atoms with van der Waals surface area (Å²) in [7, 11) is -3.51. The normalized spacial score (nSPS) is 19.6. The third kappa shape index (κ3) is 3.03. The van der Waals surface area contributed by atoms with Crippen LogP contribution in [0.5, 0.6) is 0 Å². The number of nitrogens with zero attached hydrogens (tertiary/aromatic N) is 1. The standard InChI is InChI=1S/C9H13NO6S/c1-9(14-3-4-15-9)7-5-13-8(10-7)6-16-17(2,11)12/h5H,3-4,6H2,1-2H3. The number of hydrogen-bond acceptors (Lipinski definition) is 7. The molecule has 0 spiro atoms. The molecule has 96 valence electrons. The highest BCUT2D eigenvalue weighted by molar-refractivity contribution is 7.85. The molecule has 1 aliphatic rings. The first-order valence-electron chi connectivity index (χ1n) is 4.96. The quantitative estimate of drug-likeness (QED) is 0.725. The first-order valence-corrected chi connectivity index (χ1v) is 6.78. The van der Waals surface area contributed by atoms with Gasteiger partial charge in [0.2, 0.25) is 11.7 Å². The number of ether oxygens (including phenoxy) is 2. The van der Waals surface area contributed by atoms with E-state index in [-0.39, 0.29) is 12.5 Å². The lowest BCUT2D eigenvalue weighted by molar-refractivity contribution is -0.152. The van der Waals surface area contributed by atoms with Gasteiger partial charge < -0.3 is 13.9 Å². The van der Waals surface area contributed by atoms with Gasteiger partial charge in [0.25, 0.3) is 10.1 Å². The summed E-state index contributed by atoms with van der Waals surface area (Å²) in [4.78, 5) is 4.06. The van der Waals surface area contributed by atoms with E-state index in [0.29, 0.717) is 18.9 Å². The maximum absolute atomic E-state index is 10.8. The van der Waals surface area contributed by atoms with E-state index in [9.17, 15) is 8.42 Å². The molecule has 1 aliphatic heterocycles. The fourth-order valence-corrected chi connectivity index (χ4v) is 1.72. The summed E-state index contributed by atoms with van der Waals surface area (Å²) in [6, 6.07) is 0. The molecule has 0 bridgehead atoms. The van der Waals surface area contributed by atoms with Gasteiger partial charge in [-0.2, -0.15) is 8.42 Å². The van der Waals surface area contributed by atoms with Gasteiger partial charge in [0.1, 0.15) is 18.6 Å². The summed E-state index contributed by atoms with van der Waals surface area (Å²) < 4.78 is 42.0. The van der Waals surface area contributed by atoms with Gasteiger partial charge in [-0.05, 0) is 6.92 Å². The van der Waals surface area contributed by atoms with E-state index >= 15 is 0 Å². The maximum atomic E-state index is 10.8. The Morgan fingerprint density at radius 1 is 1.47 bits per heavy atom. The number of hydrogen-bond donors (Lipinski definition) is 0. The Kier molecular flexibility index (Phi) is 3.21. The Hall–Kier alpha value is -0.960. The summed E-state index contributed by atoms with van der Waals surface area (Å²) in [6.07, 6.45) is 2.33. The minimum Gasteiger partial charge on any atom is -0.446 e. The Bertz CT molecular complexity index is 487. The molecule has 0 radical (unpaired) electrons.